The molecule has 0 saturated carbocycles. The van der Waals surface area contributed by atoms with E-state index >= 15 is 0 Å². The minimum absolute atomic E-state index is 0.202. The van der Waals surface area contributed by atoms with Gasteiger partial charge in [0.15, 0.2) is 0 Å². The molecule has 94 valence electrons. The Bertz CT molecular complexity index is 352. The number of halogens is 1. The van der Waals surface area contributed by atoms with Crippen LogP contribution in [-0.4, -0.2) is 17.7 Å². The second-order valence-corrected chi connectivity index (χ2v) is 3.85. The number of carboxylic acids is 1. The number of carbonyl (C=O) groups is 1. The van der Waals surface area contributed by atoms with Gasteiger partial charge in [-0.3, -0.25) is 4.79 Å². The molecular weight excluding hydrogens is 223 g/mol. The van der Waals surface area contributed by atoms with E-state index in [2.05, 4.69) is 0 Å². The summed E-state index contributed by atoms with van der Waals surface area (Å²) in [6.07, 6.45) is 2.50. The van der Waals surface area contributed by atoms with E-state index in [1.165, 1.54) is 6.07 Å². The zero-order valence-electron chi connectivity index (χ0n) is 9.69. The highest BCUT2D eigenvalue weighted by molar-refractivity contribution is 5.66. The van der Waals surface area contributed by atoms with Crippen LogP contribution in [0.1, 0.15) is 31.2 Å². The van der Waals surface area contributed by atoms with Crippen molar-refractivity contribution in [1.29, 1.82) is 0 Å². The Morgan fingerprint density at radius 2 is 2.00 bits per heavy atom. The summed E-state index contributed by atoms with van der Waals surface area (Å²) in [7, 11) is 0. The van der Waals surface area contributed by atoms with Crippen LogP contribution in [0.25, 0.3) is 0 Å². The number of ether oxygens (including phenoxy) is 1. The maximum absolute atomic E-state index is 13.2. The highest BCUT2D eigenvalue weighted by Crippen LogP contribution is 2.08. The first-order valence-electron chi connectivity index (χ1n) is 5.73. The van der Waals surface area contributed by atoms with Crippen LogP contribution in [0.3, 0.4) is 0 Å². The number of hydrogen-bond acceptors (Lipinski definition) is 2. The number of rotatable bonds is 8. The molecule has 3 nitrogen and oxygen atoms in total. The van der Waals surface area contributed by atoms with Gasteiger partial charge in [-0.15, -0.1) is 0 Å². The average molecular weight is 240 g/mol. The SMILES string of the molecule is O=C(O)CCCCCOCc1ccccc1F. The van der Waals surface area contributed by atoms with Crippen LogP contribution in [0, 0.1) is 5.82 Å². The first kappa shape index (κ1) is 13.6. The molecule has 0 saturated heterocycles. The molecule has 0 aliphatic carbocycles. The topological polar surface area (TPSA) is 46.5 Å². The molecule has 1 aromatic rings. The third-order valence-corrected chi connectivity index (χ3v) is 2.39. The summed E-state index contributed by atoms with van der Waals surface area (Å²) in [5.74, 6) is -1.02. The molecule has 0 aromatic heterocycles. The van der Waals surface area contributed by atoms with Crippen molar-refractivity contribution in [3.63, 3.8) is 0 Å². The van der Waals surface area contributed by atoms with E-state index in [4.69, 9.17) is 9.84 Å². The lowest BCUT2D eigenvalue weighted by atomic mass is 10.2. The predicted octanol–water partition coefficient (Wildman–Crippen LogP) is 2.99. The van der Waals surface area contributed by atoms with E-state index in [1.54, 1.807) is 18.2 Å². The Hall–Kier alpha value is -1.42. The lowest BCUT2D eigenvalue weighted by Crippen LogP contribution is -1.99. The molecule has 0 radical (unpaired) electrons. The summed E-state index contributed by atoms with van der Waals surface area (Å²) >= 11 is 0. The first-order chi connectivity index (χ1) is 8.20. The van der Waals surface area contributed by atoms with E-state index in [-0.39, 0.29) is 18.8 Å². The highest BCUT2D eigenvalue weighted by atomic mass is 19.1. The van der Waals surface area contributed by atoms with Gasteiger partial charge in [-0.2, -0.15) is 0 Å². The number of benzene rings is 1. The average Bonchev–Trinajstić information content (AvgIpc) is 2.30. The van der Waals surface area contributed by atoms with Crippen molar-refractivity contribution in [1.82, 2.24) is 0 Å². The van der Waals surface area contributed by atoms with Gasteiger partial charge in [0, 0.05) is 18.6 Å². The van der Waals surface area contributed by atoms with Crippen molar-refractivity contribution >= 4 is 5.97 Å². The predicted molar refractivity (Wildman–Crippen MR) is 62.2 cm³/mol. The minimum Gasteiger partial charge on any atom is -0.481 e. The summed E-state index contributed by atoms with van der Waals surface area (Å²) in [6.45, 7) is 0.805. The molecule has 0 spiro atoms. The first-order valence-corrected chi connectivity index (χ1v) is 5.73. The molecular formula is C13H17FO3. The van der Waals surface area contributed by atoms with Crippen LogP contribution in [0.4, 0.5) is 4.39 Å². The number of hydrogen-bond donors (Lipinski definition) is 1. The van der Waals surface area contributed by atoms with E-state index in [1.807, 2.05) is 0 Å². The van der Waals surface area contributed by atoms with E-state index in [9.17, 15) is 9.18 Å². The molecule has 1 N–H and O–H groups in total. The largest absolute Gasteiger partial charge is 0.481 e. The Kier molecular flexibility index (Phi) is 6.25. The molecule has 0 aliphatic heterocycles. The number of aliphatic carboxylic acids is 1. The standard InChI is InChI=1S/C13H17FO3/c14-12-7-4-3-6-11(12)10-17-9-5-1-2-8-13(15)16/h3-4,6-7H,1-2,5,8-10H2,(H,15,16). The third kappa shape index (κ3) is 6.02. The zero-order valence-corrected chi connectivity index (χ0v) is 9.69. The molecule has 1 aromatic carbocycles. The summed E-state index contributed by atoms with van der Waals surface area (Å²) in [5.41, 5.74) is 0.554. The fraction of sp³-hybridized carbons (Fsp3) is 0.462. The monoisotopic (exact) mass is 240 g/mol. The third-order valence-electron chi connectivity index (χ3n) is 2.39. The van der Waals surface area contributed by atoms with Crippen molar-refractivity contribution in [2.45, 2.75) is 32.3 Å². The lowest BCUT2D eigenvalue weighted by molar-refractivity contribution is -0.137. The van der Waals surface area contributed by atoms with E-state index in [0.717, 1.165) is 12.8 Å². The van der Waals surface area contributed by atoms with Gasteiger partial charge >= 0.3 is 5.97 Å². The summed E-state index contributed by atoms with van der Waals surface area (Å²) in [4.78, 5) is 10.2. The molecule has 0 amide bonds. The van der Waals surface area contributed by atoms with Crippen molar-refractivity contribution < 1.29 is 19.0 Å². The highest BCUT2D eigenvalue weighted by Gasteiger charge is 2.00. The number of unbranched alkanes of at least 4 members (excludes halogenated alkanes) is 2. The quantitative estimate of drug-likeness (QED) is 0.710. The van der Waals surface area contributed by atoms with Gasteiger partial charge in [0.1, 0.15) is 5.82 Å². The Morgan fingerprint density at radius 3 is 2.71 bits per heavy atom. The molecule has 17 heavy (non-hydrogen) atoms. The Morgan fingerprint density at radius 1 is 1.24 bits per heavy atom. The van der Waals surface area contributed by atoms with E-state index in [0.29, 0.717) is 18.6 Å². The summed E-state index contributed by atoms with van der Waals surface area (Å²) < 4.78 is 18.5. The lowest BCUT2D eigenvalue weighted by Gasteiger charge is -2.04. The van der Waals surface area contributed by atoms with Crippen LogP contribution >= 0.6 is 0 Å². The van der Waals surface area contributed by atoms with Crippen LogP contribution < -0.4 is 0 Å². The van der Waals surface area contributed by atoms with Crippen molar-refractivity contribution in [2.75, 3.05) is 6.61 Å². The summed E-state index contributed by atoms with van der Waals surface area (Å²) in [5, 5.41) is 8.42. The molecule has 0 fully saturated rings. The summed E-state index contributed by atoms with van der Waals surface area (Å²) in [6, 6.07) is 6.52. The number of carboxylic acid groups (broad SMARTS) is 1. The minimum atomic E-state index is -0.766. The van der Waals surface area contributed by atoms with Crippen LogP contribution in [0.2, 0.25) is 0 Å². The van der Waals surface area contributed by atoms with Crippen LogP contribution in [0.5, 0.6) is 0 Å². The Balaban J connectivity index is 2.05. The second kappa shape index (κ2) is 7.79. The zero-order chi connectivity index (χ0) is 12.5. The van der Waals surface area contributed by atoms with Gasteiger partial charge in [-0.25, -0.2) is 4.39 Å². The van der Waals surface area contributed by atoms with Gasteiger partial charge in [-0.1, -0.05) is 24.6 Å². The fourth-order valence-electron chi connectivity index (χ4n) is 1.45. The molecule has 0 heterocycles. The fourth-order valence-corrected chi connectivity index (χ4v) is 1.45. The van der Waals surface area contributed by atoms with Gasteiger partial charge in [0.05, 0.1) is 6.61 Å². The molecule has 0 unspecified atom stereocenters. The molecule has 0 aliphatic rings. The maximum atomic E-state index is 13.2. The van der Waals surface area contributed by atoms with E-state index < -0.39 is 5.97 Å². The normalized spacial score (nSPS) is 10.4. The molecule has 0 atom stereocenters. The molecule has 1 rings (SSSR count). The van der Waals surface area contributed by atoms with Crippen LogP contribution in [0.15, 0.2) is 24.3 Å². The van der Waals surface area contributed by atoms with Gasteiger partial charge < -0.3 is 9.84 Å². The van der Waals surface area contributed by atoms with Gasteiger partial charge in [0.2, 0.25) is 0 Å². The smallest absolute Gasteiger partial charge is 0.303 e. The van der Waals surface area contributed by atoms with Crippen molar-refractivity contribution in [3.8, 4) is 0 Å². The van der Waals surface area contributed by atoms with Gasteiger partial charge in [-0.05, 0) is 18.9 Å². The van der Waals surface area contributed by atoms with Crippen LogP contribution in [-0.2, 0) is 16.1 Å². The maximum Gasteiger partial charge on any atom is 0.303 e. The second-order valence-electron chi connectivity index (χ2n) is 3.85. The molecule has 0 bridgehead atoms. The van der Waals surface area contributed by atoms with Crippen molar-refractivity contribution in [2.24, 2.45) is 0 Å². The van der Waals surface area contributed by atoms with Gasteiger partial charge in [0.25, 0.3) is 0 Å². The Labute approximate surface area is 100 Å². The molecule has 4 heteroatoms. The van der Waals surface area contributed by atoms with Crippen molar-refractivity contribution in [3.05, 3.63) is 35.6 Å².